The first-order valence-corrected chi connectivity index (χ1v) is 5.42. The first-order valence-electron chi connectivity index (χ1n) is 4.43. The van der Waals surface area contributed by atoms with Crippen LogP contribution in [0.2, 0.25) is 0 Å². The van der Waals surface area contributed by atoms with Gasteiger partial charge in [-0.25, -0.2) is 0 Å². The number of nitrogens with two attached hydrogens (primary N) is 2. The molecule has 0 aromatic heterocycles. The maximum Gasteiger partial charge on any atom is 0.0559 e. The molecule has 0 heterocycles. The van der Waals surface area contributed by atoms with Crippen molar-refractivity contribution in [2.75, 3.05) is 17.2 Å². The molecule has 0 atom stereocenters. The lowest BCUT2D eigenvalue weighted by Crippen LogP contribution is -1.96. The van der Waals surface area contributed by atoms with Gasteiger partial charge in [0.25, 0.3) is 0 Å². The lowest BCUT2D eigenvalue weighted by molar-refractivity contribution is 1.10. The highest BCUT2D eigenvalue weighted by Gasteiger charge is 2.02. The quantitative estimate of drug-likeness (QED) is 0.577. The average molecular weight is 196 g/mol. The Morgan fingerprint density at radius 2 is 1.85 bits per heavy atom. The zero-order chi connectivity index (χ0) is 9.84. The molecule has 0 saturated heterocycles. The van der Waals surface area contributed by atoms with E-state index in [0.29, 0.717) is 11.4 Å². The van der Waals surface area contributed by atoms with Crippen molar-refractivity contribution in [2.45, 2.75) is 25.2 Å². The fourth-order valence-electron chi connectivity index (χ4n) is 1.09. The summed E-state index contributed by atoms with van der Waals surface area (Å²) in [5.74, 6) is 1.13. The second kappa shape index (κ2) is 4.42. The zero-order valence-electron chi connectivity index (χ0n) is 8.13. The van der Waals surface area contributed by atoms with Gasteiger partial charge in [-0.3, -0.25) is 0 Å². The third-order valence-electron chi connectivity index (χ3n) is 1.84. The van der Waals surface area contributed by atoms with Crippen LogP contribution in [0, 0.1) is 6.92 Å². The Morgan fingerprint density at radius 3 is 2.46 bits per heavy atom. The molecule has 4 N–H and O–H groups in total. The van der Waals surface area contributed by atoms with Gasteiger partial charge in [0.2, 0.25) is 0 Å². The van der Waals surface area contributed by atoms with Gasteiger partial charge < -0.3 is 11.5 Å². The monoisotopic (exact) mass is 196 g/mol. The van der Waals surface area contributed by atoms with Crippen LogP contribution in [0.1, 0.15) is 18.9 Å². The first-order chi connectivity index (χ1) is 6.15. The fraction of sp³-hybridized carbons (Fsp3) is 0.400. The van der Waals surface area contributed by atoms with Gasteiger partial charge in [0, 0.05) is 4.90 Å². The molecule has 0 aliphatic carbocycles. The number of hydrogen-bond acceptors (Lipinski definition) is 3. The molecule has 0 bridgehead atoms. The van der Waals surface area contributed by atoms with Gasteiger partial charge in [0.15, 0.2) is 0 Å². The molecule has 0 saturated carbocycles. The van der Waals surface area contributed by atoms with Crippen LogP contribution >= 0.6 is 11.8 Å². The molecule has 1 aromatic carbocycles. The van der Waals surface area contributed by atoms with Crippen LogP contribution in [-0.2, 0) is 0 Å². The highest BCUT2D eigenvalue weighted by Crippen LogP contribution is 2.28. The van der Waals surface area contributed by atoms with E-state index in [2.05, 4.69) is 13.8 Å². The van der Waals surface area contributed by atoms with Crippen LogP contribution in [0.5, 0.6) is 0 Å². The minimum Gasteiger partial charge on any atom is -0.397 e. The molecule has 0 spiro atoms. The maximum atomic E-state index is 5.72. The molecule has 0 unspecified atom stereocenters. The molecule has 3 heteroatoms. The van der Waals surface area contributed by atoms with Crippen LogP contribution in [0.25, 0.3) is 0 Å². The van der Waals surface area contributed by atoms with Crippen molar-refractivity contribution in [3.05, 3.63) is 17.7 Å². The van der Waals surface area contributed by atoms with Gasteiger partial charge >= 0.3 is 0 Å². The Morgan fingerprint density at radius 1 is 1.23 bits per heavy atom. The van der Waals surface area contributed by atoms with E-state index in [1.54, 1.807) is 0 Å². The summed E-state index contributed by atoms with van der Waals surface area (Å²) >= 11 is 1.83. The van der Waals surface area contributed by atoms with Gasteiger partial charge in [0.1, 0.15) is 0 Å². The SMILES string of the molecule is CCCSc1cc(N)c(N)cc1C. The highest BCUT2D eigenvalue weighted by atomic mass is 32.2. The van der Waals surface area contributed by atoms with E-state index in [1.165, 1.54) is 16.9 Å². The standard InChI is InChI=1S/C10H16N2S/c1-3-4-13-10-6-9(12)8(11)5-7(10)2/h5-6H,3-4,11-12H2,1-2H3. The van der Waals surface area contributed by atoms with E-state index in [-0.39, 0.29) is 0 Å². The maximum absolute atomic E-state index is 5.72. The number of benzene rings is 1. The molecule has 13 heavy (non-hydrogen) atoms. The van der Waals surface area contributed by atoms with Gasteiger partial charge in [0.05, 0.1) is 11.4 Å². The van der Waals surface area contributed by atoms with Crippen LogP contribution in [-0.4, -0.2) is 5.75 Å². The normalized spacial score (nSPS) is 10.3. The molecule has 72 valence electrons. The molecular formula is C10H16N2S. The summed E-state index contributed by atoms with van der Waals surface area (Å²) in [5.41, 5.74) is 14.0. The number of hydrogen-bond donors (Lipinski definition) is 2. The first kappa shape index (κ1) is 10.3. The average Bonchev–Trinajstić information content (AvgIpc) is 2.09. The lowest BCUT2D eigenvalue weighted by Gasteiger charge is -2.08. The largest absolute Gasteiger partial charge is 0.397 e. The minimum absolute atomic E-state index is 0.679. The van der Waals surface area contributed by atoms with Gasteiger partial charge in [-0.05, 0) is 36.8 Å². The molecule has 0 aliphatic rings. The predicted molar refractivity (Wildman–Crippen MR) is 61.0 cm³/mol. The summed E-state index contributed by atoms with van der Waals surface area (Å²) in [5, 5.41) is 0. The molecule has 0 amide bonds. The highest BCUT2D eigenvalue weighted by molar-refractivity contribution is 7.99. The summed E-state index contributed by atoms with van der Waals surface area (Å²) in [4.78, 5) is 1.24. The van der Waals surface area contributed by atoms with Crippen molar-refractivity contribution in [2.24, 2.45) is 0 Å². The van der Waals surface area contributed by atoms with E-state index in [1.807, 2.05) is 23.9 Å². The van der Waals surface area contributed by atoms with Crippen LogP contribution < -0.4 is 11.5 Å². The zero-order valence-corrected chi connectivity index (χ0v) is 8.95. The van der Waals surface area contributed by atoms with Crippen LogP contribution in [0.3, 0.4) is 0 Å². The Bertz CT molecular complexity index is 297. The molecular weight excluding hydrogens is 180 g/mol. The van der Waals surface area contributed by atoms with Gasteiger partial charge in [-0.15, -0.1) is 11.8 Å². The minimum atomic E-state index is 0.679. The third-order valence-corrected chi connectivity index (χ3v) is 3.21. The van der Waals surface area contributed by atoms with E-state index in [0.717, 1.165) is 5.75 Å². The summed E-state index contributed by atoms with van der Waals surface area (Å²) in [6.07, 6.45) is 1.17. The lowest BCUT2D eigenvalue weighted by atomic mass is 10.2. The van der Waals surface area contributed by atoms with Crippen molar-refractivity contribution < 1.29 is 0 Å². The number of anilines is 2. The van der Waals surface area contributed by atoms with Crippen molar-refractivity contribution in [1.29, 1.82) is 0 Å². The van der Waals surface area contributed by atoms with E-state index in [9.17, 15) is 0 Å². The number of aryl methyl sites for hydroxylation is 1. The van der Waals surface area contributed by atoms with Gasteiger partial charge in [-0.1, -0.05) is 6.92 Å². The van der Waals surface area contributed by atoms with Crippen molar-refractivity contribution in [3.8, 4) is 0 Å². The smallest absolute Gasteiger partial charge is 0.0559 e. The fourth-order valence-corrected chi connectivity index (χ4v) is 2.01. The van der Waals surface area contributed by atoms with Crippen LogP contribution in [0.4, 0.5) is 11.4 Å². The Labute approximate surface area is 83.7 Å². The van der Waals surface area contributed by atoms with E-state index < -0.39 is 0 Å². The van der Waals surface area contributed by atoms with E-state index in [4.69, 9.17) is 11.5 Å². The number of nitrogen functional groups attached to an aromatic ring is 2. The number of rotatable bonds is 3. The summed E-state index contributed by atoms with van der Waals surface area (Å²) < 4.78 is 0. The topological polar surface area (TPSA) is 52.0 Å². The molecule has 1 rings (SSSR count). The molecule has 2 nitrogen and oxygen atoms in total. The third kappa shape index (κ3) is 2.56. The number of thioether (sulfide) groups is 1. The van der Waals surface area contributed by atoms with Crippen molar-refractivity contribution >= 4 is 23.1 Å². The Balaban J connectivity index is 2.88. The Hall–Kier alpha value is -0.830. The van der Waals surface area contributed by atoms with Crippen LogP contribution in [0.15, 0.2) is 17.0 Å². The molecule has 1 aromatic rings. The summed E-state index contributed by atoms with van der Waals surface area (Å²) in [7, 11) is 0. The molecule has 0 fully saturated rings. The second-order valence-electron chi connectivity index (χ2n) is 3.10. The second-order valence-corrected chi connectivity index (χ2v) is 4.23. The van der Waals surface area contributed by atoms with E-state index >= 15 is 0 Å². The molecule has 0 aliphatic heterocycles. The predicted octanol–water partition coefficient (Wildman–Crippen LogP) is 2.66. The molecule has 0 radical (unpaired) electrons. The Kier molecular flexibility index (Phi) is 3.48. The summed E-state index contributed by atoms with van der Waals surface area (Å²) in [6.45, 7) is 4.23. The summed E-state index contributed by atoms with van der Waals surface area (Å²) in [6, 6.07) is 3.90. The van der Waals surface area contributed by atoms with Gasteiger partial charge in [-0.2, -0.15) is 0 Å². The van der Waals surface area contributed by atoms with Crippen molar-refractivity contribution in [1.82, 2.24) is 0 Å². The van der Waals surface area contributed by atoms with Crippen molar-refractivity contribution in [3.63, 3.8) is 0 Å².